The molecule has 0 atom stereocenters. The Bertz CT molecular complexity index is 251. The molecule has 0 spiro atoms. The van der Waals surface area contributed by atoms with Crippen molar-refractivity contribution in [3.63, 3.8) is 0 Å². The number of aromatic nitrogens is 1. The Labute approximate surface area is 67.0 Å². The molecular formula is C7H4NS2. The predicted molar refractivity (Wildman–Crippen MR) is 44.3 cm³/mol. The largest absolute Gasteiger partial charge is 0.244 e. The fourth-order valence-corrected chi connectivity index (χ4v) is 2.08. The Kier molecular flexibility index (Phi) is 1.53. The minimum atomic E-state index is 1.06. The molecule has 0 amide bonds. The van der Waals surface area contributed by atoms with Crippen molar-refractivity contribution in [2.45, 2.75) is 0 Å². The van der Waals surface area contributed by atoms with Gasteiger partial charge >= 0.3 is 0 Å². The highest BCUT2D eigenvalue weighted by atomic mass is 32.1. The Morgan fingerprint density at radius 3 is 2.90 bits per heavy atom. The van der Waals surface area contributed by atoms with Crippen molar-refractivity contribution in [1.82, 2.24) is 4.98 Å². The maximum atomic E-state index is 4.16. The summed E-state index contributed by atoms with van der Waals surface area (Å²) in [4.78, 5) is 5.29. The van der Waals surface area contributed by atoms with Crippen LogP contribution < -0.4 is 0 Å². The van der Waals surface area contributed by atoms with Gasteiger partial charge in [-0.2, -0.15) is 0 Å². The minimum Gasteiger partial charge on any atom is -0.244 e. The number of nitrogens with zero attached hydrogens (tertiary/aromatic N) is 1. The van der Waals surface area contributed by atoms with Crippen molar-refractivity contribution >= 4 is 22.7 Å². The average Bonchev–Trinajstić information content (AvgIpc) is 2.59. The molecule has 10 heavy (non-hydrogen) atoms. The first kappa shape index (κ1) is 6.07. The third kappa shape index (κ3) is 0.978. The van der Waals surface area contributed by atoms with E-state index in [1.54, 1.807) is 22.7 Å². The molecule has 0 aliphatic heterocycles. The summed E-state index contributed by atoms with van der Waals surface area (Å²) in [7, 11) is 0. The van der Waals surface area contributed by atoms with E-state index < -0.39 is 0 Å². The van der Waals surface area contributed by atoms with E-state index in [1.165, 1.54) is 0 Å². The highest BCUT2D eigenvalue weighted by Crippen LogP contribution is 2.25. The number of thiazole rings is 1. The summed E-state index contributed by atoms with van der Waals surface area (Å²) < 4.78 is 0. The standard InChI is InChI=1S/C7H4NS2/c1-2-6(9-4-1)7-8-3-5-10-7/h1,3-5H. The van der Waals surface area contributed by atoms with Gasteiger partial charge < -0.3 is 0 Å². The third-order valence-electron chi connectivity index (χ3n) is 1.09. The Morgan fingerprint density at radius 1 is 1.30 bits per heavy atom. The maximum absolute atomic E-state index is 4.16. The molecule has 0 saturated carbocycles. The van der Waals surface area contributed by atoms with E-state index >= 15 is 0 Å². The molecule has 49 valence electrons. The second kappa shape index (κ2) is 2.52. The molecule has 0 aromatic carbocycles. The quantitative estimate of drug-likeness (QED) is 0.634. The average molecular weight is 166 g/mol. The predicted octanol–water partition coefficient (Wildman–Crippen LogP) is 2.67. The summed E-state index contributed by atoms with van der Waals surface area (Å²) in [6.07, 6.45) is 1.81. The van der Waals surface area contributed by atoms with Crippen molar-refractivity contribution in [1.29, 1.82) is 0 Å². The lowest BCUT2D eigenvalue weighted by Gasteiger charge is -1.82. The topological polar surface area (TPSA) is 12.9 Å². The SMILES string of the molecule is [c]1ccsc1-c1nccs1. The van der Waals surface area contributed by atoms with Crippen molar-refractivity contribution in [3.05, 3.63) is 29.1 Å². The Hall–Kier alpha value is -0.670. The second-order valence-corrected chi connectivity index (χ2v) is 3.54. The van der Waals surface area contributed by atoms with Gasteiger partial charge in [-0.1, -0.05) is 0 Å². The molecule has 0 N–H and O–H groups in total. The van der Waals surface area contributed by atoms with Crippen LogP contribution in [0.4, 0.5) is 0 Å². The second-order valence-electron chi connectivity index (χ2n) is 1.73. The van der Waals surface area contributed by atoms with E-state index in [1.807, 2.05) is 23.0 Å². The lowest BCUT2D eigenvalue weighted by Crippen LogP contribution is -1.63. The number of thiophene rings is 1. The van der Waals surface area contributed by atoms with Crippen molar-refractivity contribution in [2.24, 2.45) is 0 Å². The molecule has 0 saturated heterocycles. The first-order valence-corrected chi connectivity index (χ1v) is 4.58. The molecule has 0 unspecified atom stereocenters. The summed E-state index contributed by atoms with van der Waals surface area (Å²) in [5, 5.41) is 5.05. The first-order chi connectivity index (χ1) is 4.97. The number of hydrogen-bond donors (Lipinski definition) is 0. The highest BCUT2D eigenvalue weighted by Gasteiger charge is 1.98. The van der Waals surface area contributed by atoms with E-state index in [2.05, 4.69) is 11.1 Å². The van der Waals surface area contributed by atoms with E-state index in [9.17, 15) is 0 Å². The zero-order chi connectivity index (χ0) is 6.81. The van der Waals surface area contributed by atoms with Gasteiger partial charge in [0.25, 0.3) is 0 Å². The molecule has 0 bridgehead atoms. The van der Waals surface area contributed by atoms with Gasteiger partial charge in [0.15, 0.2) is 0 Å². The van der Waals surface area contributed by atoms with Crippen LogP contribution in [0.1, 0.15) is 0 Å². The molecule has 2 heterocycles. The fourth-order valence-electron chi connectivity index (χ4n) is 0.694. The molecular weight excluding hydrogens is 162 g/mol. The molecule has 0 fully saturated rings. The van der Waals surface area contributed by atoms with Gasteiger partial charge in [0, 0.05) is 17.6 Å². The van der Waals surface area contributed by atoms with E-state index in [4.69, 9.17) is 0 Å². The van der Waals surface area contributed by atoms with Crippen LogP contribution in [0.3, 0.4) is 0 Å². The highest BCUT2D eigenvalue weighted by molar-refractivity contribution is 7.19. The lowest BCUT2D eigenvalue weighted by atomic mass is 10.5. The minimum absolute atomic E-state index is 1.06. The van der Waals surface area contributed by atoms with Gasteiger partial charge in [-0.3, -0.25) is 0 Å². The summed E-state index contributed by atoms with van der Waals surface area (Å²) in [5.41, 5.74) is 0. The van der Waals surface area contributed by atoms with Crippen LogP contribution in [0, 0.1) is 6.07 Å². The molecule has 1 nitrogen and oxygen atoms in total. The van der Waals surface area contributed by atoms with Gasteiger partial charge in [0.05, 0.1) is 4.88 Å². The van der Waals surface area contributed by atoms with Gasteiger partial charge in [-0.25, -0.2) is 4.98 Å². The van der Waals surface area contributed by atoms with E-state index in [0.29, 0.717) is 0 Å². The maximum Gasteiger partial charge on any atom is 0.133 e. The Balaban J connectivity index is 2.48. The van der Waals surface area contributed by atoms with Crippen LogP contribution in [0.5, 0.6) is 0 Å². The molecule has 1 radical (unpaired) electrons. The monoisotopic (exact) mass is 166 g/mol. The van der Waals surface area contributed by atoms with Crippen LogP contribution in [0.15, 0.2) is 23.0 Å². The molecule has 2 aromatic heterocycles. The van der Waals surface area contributed by atoms with Crippen LogP contribution >= 0.6 is 22.7 Å². The van der Waals surface area contributed by atoms with Crippen LogP contribution in [-0.2, 0) is 0 Å². The third-order valence-corrected chi connectivity index (χ3v) is 2.83. The molecule has 3 heteroatoms. The van der Waals surface area contributed by atoms with Crippen molar-refractivity contribution < 1.29 is 0 Å². The molecule has 0 aliphatic carbocycles. The normalized spacial score (nSPS) is 10.0. The van der Waals surface area contributed by atoms with Gasteiger partial charge in [-0.15, -0.1) is 22.7 Å². The number of hydrogen-bond acceptors (Lipinski definition) is 3. The molecule has 2 aromatic rings. The zero-order valence-corrected chi connectivity index (χ0v) is 6.71. The van der Waals surface area contributed by atoms with Crippen LogP contribution in [0.2, 0.25) is 0 Å². The van der Waals surface area contributed by atoms with E-state index in [0.717, 1.165) is 9.88 Å². The van der Waals surface area contributed by atoms with Gasteiger partial charge in [0.1, 0.15) is 5.01 Å². The molecule has 0 aliphatic rings. The summed E-state index contributed by atoms with van der Waals surface area (Å²) in [6.45, 7) is 0. The van der Waals surface area contributed by atoms with E-state index in [-0.39, 0.29) is 0 Å². The summed E-state index contributed by atoms with van der Waals surface area (Å²) >= 11 is 3.32. The fraction of sp³-hybridized carbons (Fsp3) is 0. The van der Waals surface area contributed by atoms with Crippen molar-refractivity contribution in [2.75, 3.05) is 0 Å². The molecule has 2 rings (SSSR count). The summed E-state index contributed by atoms with van der Waals surface area (Å²) in [5.74, 6) is 0. The van der Waals surface area contributed by atoms with Gasteiger partial charge in [-0.05, 0) is 11.4 Å². The summed E-state index contributed by atoms with van der Waals surface area (Å²) in [6, 6.07) is 5.02. The Morgan fingerprint density at radius 2 is 2.30 bits per heavy atom. The van der Waals surface area contributed by atoms with Crippen molar-refractivity contribution in [3.8, 4) is 9.88 Å². The van der Waals surface area contributed by atoms with Crippen LogP contribution in [0.25, 0.3) is 9.88 Å². The first-order valence-electron chi connectivity index (χ1n) is 2.82. The lowest BCUT2D eigenvalue weighted by molar-refractivity contribution is 1.43. The van der Waals surface area contributed by atoms with Crippen LogP contribution in [-0.4, -0.2) is 4.98 Å². The smallest absolute Gasteiger partial charge is 0.133 e. The zero-order valence-electron chi connectivity index (χ0n) is 5.07. The number of rotatable bonds is 1. The van der Waals surface area contributed by atoms with Gasteiger partial charge in [0.2, 0.25) is 0 Å².